The van der Waals surface area contributed by atoms with Crippen LogP contribution < -0.4 is 4.74 Å². The van der Waals surface area contributed by atoms with Crippen LogP contribution >= 0.6 is 0 Å². The van der Waals surface area contributed by atoms with Crippen molar-refractivity contribution in [3.05, 3.63) is 118 Å². The van der Waals surface area contributed by atoms with Gasteiger partial charge in [-0.2, -0.15) is 8.78 Å². The van der Waals surface area contributed by atoms with Gasteiger partial charge in [0, 0.05) is 29.5 Å². The molecule has 0 amide bonds. The summed E-state index contributed by atoms with van der Waals surface area (Å²) in [6.07, 6.45) is -1.24. The molecule has 0 spiro atoms. The van der Waals surface area contributed by atoms with E-state index in [1.54, 1.807) is 12.3 Å². The molecule has 0 N–H and O–H groups in total. The van der Waals surface area contributed by atoms with Gasteiger partial charge in [-0.1, -0.05) is 31.4 Å². The van der Waals surface area contributed by atoms with E-state index in [9.17, 15) is 35.1 Å². The first kappa shape index (κ1) is 27.6. The van der Waals surface area contributed by atoms with E-state index in [0.29, 0.717) is 17.8 Å². The first-order valence-electron chi connectivity index (χ1n) is 11.5. The number of aromatic nitrogens is 1. The third-order valence-electron chi connectivity index (χ3n) is 5.51. The minimum Gasteiger partial charge on any atom is -0.429 e. The lowest BCUT2D eigenvalue weighted by atomic mass is 10.0. The van der Waals surface area contributed by atoms with E-state index >= 15 is 0 Å². The molecule has 0 bridgehead atoms. The fourth-order valence-corrected chi connectivity index (χ4v) is 3.70. The molecule has 2 nitrogen and oxygen atoms in total. The van der Waals surface area contributed by atoms with Crippen LogP contribution in [0.15, 0.2) is 60.8 Å². The molecule has 0 fully saturated rings. The highest BCUT2D eigenvalue weighted by atomic mass is 19.3. The Morgan fingerprint density at radius 2 is 1.44 bits per heavy atom. The molecule has 0 aliphatic heterocycles. The molecular weight excluding hydrogens is 530 g/mol. The Hall–Kier alpha value is -4.39. The molecule has 0 saturated heterocycles. The number of ether oxygens (including phenoxy) is 1. The summed E-state index contributed by atoms with van der Waals surface area (Å²) in [5.41, 5.74) is -0.879. The lowest BCUT2D eigenvalue weighted by molar-refractivity contribution is -0.189. The molecule has 0 saturated carbocycles. The molecule has 0 aliphatic rings. The van der Waals surface area contributed by atoms with Gasteiger partial charge in [-0.15, -0.1) is 0 Å². The second-order valence-electron chi connectivity index (χ2n) is 8.38. The van der Waals surface area contributed by atoms with E-state index in [1.807, 2.05) is 13.0 Å². The minimum atomic E-state index is -4.76. The average molecular weight is 547 g/mol. The Kier molecular flexibility index (Phi) is 7.90. The average Bonchev–Trinajstić information content (AvgIpc) is 2.86. The SMILES string of the molecule is CCCc1ccc(C#Cc2ccc(-c3cc(F)c(C(F)(F)Oc4cc(F)c(F)c(F)c4)c(F)c3)c(F)c2)nc1. The quantitative estimate of drug-likeness (QED) is 0.138. The van der Waals surface area contributed by atoms with Crippen LogP contribution in [-0.4, -0.2) is 4.98 Å². The topological polar surface area (TPSA) is 22.1 Å². The van der Waals surface area contributed by atoms with Crippen molar-refractivity contribution in [2.45, 2.75) is 25.9 Å². The molecule has 4 aromatic rings. The maximum absolute atomic E-state index is 14.8. The molecule has 1 heterocycles. The molecule has 10 heteroatoms. The monoisotopic (exact) mass is 547 g/mol. The highest BCUT2D eigenvalue weighted by Crippen LogP contribution is 2.38. The van der Waals surface area contributed by atoms with Gasteiger partial charge in [0.2, 0.25) is 0 Å². The highest BCUT2D eigenvalue weighted by Gasteiger charge is 2.41. The summed E-state index contributed by atoms with van der Waals surface area (Å²) < 4.78 is 117. The van der Waals surface area contributed by atoms with Crippen LogP contribution in [0.3, 0.4) is 0 Å². The number of hydrogen-bond acceptors (Lipinski definition) is 2. The summed E-state index contributed by atoms with van der Waals surface area (Å²) in [4.78, 5) is 4.21. The molecule has 0 aliphatic carbocycles. The van der Waals surface area contributed by atoms with E-state index < -0.39 is 57.9 Å². The number of rotatable bonds is 6. The van der Waals surface area contributed by atoms with Crippen molar-refractivity contribution in [1.29, 1.82) is 0 Å². The Bertz CT molecular complexity index is 1540. The van der Waals surface area contributed by atoms with Gasteiger partial charge < -0.3 is 4.74 Å². The standard InChI is InChI=1S/C29H17F8NO/c1-2-3-17-5-8-19(38-15-17)7-4-16-6-9-21(22(30)10-16)18-11-23(31)27(24(32)12-18)29(36,37)39-20-13-25(33)28(35)26(34)14-20/h5-6,8-15H,2-3H2,1H3. The summed E-state index contributed by atoms with van der Waals surface area (Å²) in [5, 5.41) is 0. The van der Waals surface area contributed by atoms with Gasteiger partial charge in [0.1, 0.15) is 34.5 Å². The minimum absolute atomic E-state index is 0.0911. The van der Waals surface area contributed by atoms with Gasteiger partial charge in [0.25, 0.3) is 0 Å². The first-order valence-corrected chi connectivity index (χ1v) is 11.5. The summed E-state index contributed by atoms with van der Waals surface area (Å²) in [6.45, 7) is 2.04. The molecule has 4 rings (SSSR count). The maximum Gasteiger partial charge on any atom is 0.432 e. The second kappa shape index (κ2) is 11.2. The predicted molar refractivity (Wildman–Crippen MR) is 127 cm³/mol. The van der Waals surface area contributed by atoms with Crippen molar-refractivity contribution >= 4 is 0 Å². The number of nitrogens with zero attached hydrogens (tertiary/aromatic N) is 1. The summed E-state index contributed by atoms with van der Waals surface area (Å²) in [7, 11) is 0. The van der Waals surface area contributed by atoms with Gasteiger partial charge in [-0.25, -0.2) is 31.3 Å². The highest BCUT2D eigenvalue weighted by molar-refractivity contribution is 5.66. The third-order valence-corrected chi connectivity index (χ3v) is 5.51. The largest absolute Gasteiger partial charge is 0.432 e. The molecular formula is C29H17F8NO. The van der Waals surface area contributed by atoms with Gasteiger partial charge in [-0.05, 0) is 53.8 Å². The Morgan fingerprint density at radius 3 is 2.00 bits per heavy atom. The number of pyridine rings is 1. The van der Waals surface area contributed by atoms with Gasteiger partial charge >= 0.3 is 6.11 Å². The fourth-order valence-electron chi connectivity index (χ4n) is 3.70. The normalized spacial score (nSPS) is 11.2. The number of alkyl halides is 2. The summed E-state index contributed by atoms with van der Waals surface area (Å²) in [5.74, 6) is -5.92. The van der Waals surface area contributed by atoms with Crippen LogP contribution in [0.1, 0.15) is 35.7 Å². The molecule has 39 heavy (non-hydrogen) atoms. The van der Waals surface area contributed by atoms with Crippen molar-refractivity contribution in [3.8, 4) is 28.7 Å². The smallest absolute Gasteiger partial charge is 0.429 e. The van der Waals surface area contributed by atoms with Crippen LogP contribution in [0.5, 0.6) is 5.75 Å². The third kappa shape index (κ3) is 6.20. The molecule has 0 radical (unpaired) electrons. The first-order chi connectivity index (χ1) is 18.5. The second-order valence-corrected chi connectivity index (χ2v) is 8.38. The summed E-state index contributed by atoms with van der Waals surface area (Å²) >= 11 is 0. The zero-order valence-corrected chi connectivity index (χ0v) is 20.1. The van der Waals surface area contributed by atoms with Gasteiger partial charge in [0.05, 0.1) is 0 Å². The maximum atomic E-state index is 14.8. The Labute approximate surface area is 217 Å². The van der Waals surface area contributed by atoms with Crippen molar-refractivity contribution in [3.63, 3.8) is 0 Å². The van der Waals surface area contributed by atoms with Gasteiger partial charge in [-0.3, -0.25) is 0 Å². The van der Waals surface area contributed by atoms with Crippen LogP contribution in [0.4, 0.5) is 35.1 Å². The number of hydrogen-bond donors (Lipinski definition) is 0. The van der Waals surface area contributed by atoms with Crippen LogP contribution in [0, 0.1) is 46.7 Å². The van der Waals surface area contributed by atoms with Crippen LogP contribution in [-0.2, 0) is 12.5 Å². The van der Waals surface area contributed by atoms with Crippen LogP contribution in [0.2, 0.25) is 0 Å². The van der Waals surface area contributed by atoms with E-state index in [0.717, 1.165) is 24.5 Å². The van der Waals surface area contributed by atoms with E-state index in [4.69, 9.17) is 0 Å². The van der Waals surface area contributed by atoms with Gasteiger partial charge in [0.15, 0.2) is 17.5 Å². The molecule has 3 aromatic carbocycles. The lowest BCUT2D eigenvalue weighted by Gasteiger charge is -2.20. The van der Waals surface area contributed by atoms with E-state index in [-0.39, 0.29) is 23.3 Å². The van der Waals surface area contributed by atoms with Crippen LogP contribution in [0.25, 0.3) is 11.1 Å². The van der Waals surface area contributed by atoms with Crippen molar-refractivity contribution in [2.24, 2.45) is 0 Å². The molecule has 0 atom stereocenters. The number of halogens is 8. The van der Waals surface area contributed by atoms with E-state index in [1.165, 1.54) is 12.1 Å². The predicted octanol–water partition coefficient (Wildman–Crippen LogP) is 8.06. The molecule has 1 aromatic heterocycles. The lowest BCUT2D eigenvalue weighted by Crippen LogP contribution is -2.25. The van der Waals surface area contributed by atoms with Crippen molar-refractivity contribution in [2.75, 3.05) is 0 Å². The number of benzene rings is 3. The zero-order valence-electron chi connectivity index (χ0n) is 20.1. The molecule has 200 valence electrons. The molecule has 0 unspecified atom stereocenters. The Morgan fingerprint density at radius 1 is 0.769 bits per heavy atom. The Balaban J connectivity index is 1.59. The summed E-state index contributed by atoms with van der Waals surface area (Å²) in [6, 6.07) is 8.23. The van der Waals surface area contributed by atoms with Crippen molar-refractivity contribution < 1.29 is 39.9 Å². The fraction of sp³-hybridized carbons (Fsp3) is 0.138. The van der Waals surface area contributed by atoms with Crippen molar-refractivity contribution in [1.82, 2.24) is 4.98 Å². The van der Waals surface area contributed by atoms with E-state index in [2.05, 4.69) is 21.6 Å². The number of aryl methyl sites for hydroxylation is 1. The zero-order chi connectivity index (χ0) is 28.3.